The monoisotopic (exact) mass is 502 g/mol. The quantitative estimate of drug-likeness (QED) is 0.645. The van der Waals surface area contributed by atoms with Gasteiger partial charge in [-0.2, -0.15) is 0 Å². The first-order valence-electron chi connectivity index (χ1n) is 12.3. The van der Waals surface area contributed by atoms with Crippen LogP contribution in [-0.4, -0.2) is 77.3 Å². The molecule has 4 aliphatic rings. The molecule has 0 radical (unpaired) electrons. The lowest BCUT2D eigenvalue weighted by Crippen LogP contribution is -2.51. The van der Waals surface area contributed by atoms with Crippen LogP contribution >= 0.6 is 11.8 Å². The van der Waals surface area contributed by atoms with Crippen molar-refractivity contribution in [3.05, 3.63) is 24.2 Å². The molecular formula is C24H31FN6O3S. The first kappa shape index (κ1) is 23.2. The number of nitrogens with zero attached hydrogens (tertiary/aromatic N) is 5. The molecule has 1 spiro atoms. The smallest absolute Gasteiger partial charge is 0.175 e. The predicted octanol–water partition coefficient (Wildman–Crippen LogP) is 2.16. The molecule has 0 aromatic carbocycles. The van der Waals surface area contributed by atoms with Crippen molar-refractivity contribution < 1.29 is 19.0 Å². The average molecular weight is 503 g/mol. The Balaban J connectivity index is 1.19. The molecule has 0 aliphatic carbocycles. The molecular weight excluding hydrogens is 471 g/mol. The molecule has 3 saturated heterocycles. The second kappa shape index (κ2) is 9.02. The third-order valence-electron chi connectivity index (χ3n) is 7.98. The molecule has 0 saturated carbocycles. The van der Waals surface area contributed by atoms with E-state index in [0.29, 0.717) is 54.3 Å². The van der Waals surface area contributed by atoms with Crippen LogP contribution in [0.5, 0.6) is 5.75 Å². The van der Waals surface area contributed by atoms with Crippen molar-refractivity contribution in [1.82, 2.24) is 15.0 Å². The maximum absolute atomic E-state index is 14.0. The largest absolute Gasteiger partial charge is 0.486 e. The summed E-state index contributed by atoms with van der Waals surface area (Å²) in [6, 6.07) is 1.95. The molecule has 11 heteroatoms. The van der Waals surface area contributed by atoms with Crippen LogP contribution in [0.2, 0.25) is 0 Å². The summed E-state index contributed by atoms with van der Waals surface area (Å²) >= 11 is 1.42. The zero-order chi connectivity index (χ0) is 24.2. The molecule has 0 amide bonds. The van der Waals surface area contributed by atoms with Gasteiger partial charge in [-0.15, -0.1) is 0 Å². The number of piperidine rings is 1. The van der Waals surface area contributed by atoms with Crippen molar-refractivity contribution >= 4 is 23.4 Å². The summed E-state index contributed by atoms with van der Waals surface area (Å²) in [5.74, 6) is 2.06. The Morgan fingerprint density at radius 1 is 1.29 bits per heavy atom. The summed E-state index contributed by atoms with van der Waals surface area (Å²) in [7, 11) is 0. The average Bonchev–Trinajstić information content (AvgIpc) is 3.39. The third kappa shape index (κ3) is 4.02. The van der Waals surface area contributed by atoms with Gasteiger partial charge in [0.1, 0.15) is 23.5 Å². The summed E-state index contributed by atoms with van der Waals surface area (Å²) in [5, 5.41) is 10.7. The number of aliphatic hydroxyl groups is 1. The van der Waals surface area contributed by atoms with Gasteiger partial charge in [0.25, 0.3) is 0 Å². The van der Waals surface area contributed by atoms with Crippen molar-refractivity contribution in [1.29, 1.82) is 0 Å². The molecule has 3 fully saturated rings. The van der Waals surface area contributed by atoms with Gasteiger partial charge in [-0.05, 0) is 25.8 Å². The van der Waals surface area contributed by atoms with Crippen molar-refractivity contribution in [3.63, 3.8) is 0 Å². The number of aromatic nitrogens is 3. The van der Waals surface area contributed by atoms with Crippen LogP contribution in [0, 0.1) is 5.41 Å². The molecule has 35 heavy (non-hydrogen) atoms. The molecule has 4 atom stereocenters. The van der Waals surface area contributed by atoms with E-state index in [9.17, 15) is 9.50 Å². The van der Waals surface area contributed by atoms with E-state index >= 15 is 0 Å². The van der Waals surface area contributed by atoms with Gasteiger partial charge in [0.2, 0.25) is 0 Å². The van der Waals surface area contributed by atoms with E-state index in [-0.39, 0.29) is 30.2 Å². The molecule has 4 aliphatic heterocycles. The minimum absolute atomic E-state index is 0.0233. The summed E-state index contributed by atoms with van der Waals surface area (Å²) < 4.78 is 25.8. The van der Waals surface area contributed by atoms with Crippen molar-refractivity contribution in [3.8, 4) is 5.75 Å². The van der Waals surface area contributed by atoms with Gasteiger partial charge in [0.05, 0.1) is 43.0 Å². The highest BCUT2D eigenvalue weighted by Crippen LogP contribution is 2.45. The predicted molar refractivity (Wildman–Crippen MR) is 130 cm³/mol. The van der Waals surface area contributed by atoms with Gasteiger partial charge >= 0.3 is 0 Å². The van der Waals surface area contributed by atoms with E-state index in [2.05, 4.69) is 9.88 Å². The fourth-order valence-electron chi connectivity index (χ4n) is 5.87. The highest BCUT2D eigenvalue weighted by molar-refractivity contribution is 7.99. The van der Waals surface area contributed by atoms with E-state index in [0.717, 1.165) is 30.8 Å². The van der Waals surface area contributed by atoms with Gasteiger partial charge in [0, 0.05) is 37.2 Å². The minimum Gasteiger partial charge on any atom is -0.486 e. The molecule has 3 N–H and O–H groups in total. The van der Waals surface area contributed by atoms with Gasteiger partial charge in [-0.1, -0.05) is 11.8 Å². The second-order valence-corrected chi connectivity index (χ2v) is 11.1. The fraction of sp³-hybridized carbons (Fsp3) is 0.625. The maximum Gasteiger partial charge on any atom is 0.175 e. The Kier molecular flexibility index (Phi) is 5.98. The number of aliphatic hydroxyl groups excluding tert-OH is 1. The highest BCUT2D eigenvalue weighted by atomic mass is 32.2. The highest BCUT2D eigenvalue weighted by Gasteiger charge is 2.47. The number of halogens is 1. The van der Waals surface area contributed by atoms with E-state index in [1.54, 1.807) is 12.4 Å². The number of ether oxygens (including phenoxy) is 2. The Morgan fingerprint density at radius 3 is 2.86 bits per heavy atom. The van der Waals surface area contributed by atoms with Crippen LogP contribution in [0.3, 0.4) is 0 Å². The van der Waals surface area contributed by atoms with Gasteiger partial charge in [0.15, 0.2) is 17.4 Å². The zero-order valence-electron chi connectivity index (χ0n) is 19.8. The van der Waals surface area contributed by atoms with Crippen LogP contribution in [-0.2, 0) is 11.3 Å². The first-order chi connectivity index (χ1) is 17.0. The van der Waals surface area contributed by atoms with Crippen molar-refractivity contribution in [2.24, 2.45) is 11.1 Å². The Bertz CT molecular complexity index is 1100. The molecule has 188 valence electrons. The normalized spacial score (nSPS) is 29.3. The molecule has 0 bridgehead atoms. The van der Waals surface area contributed by atoms with Crippen LogP contribution in [0.25, 0.3) is 0 Å². The lowest BCUT2D eigenvalue weighted by molar-refractivity contribution is 0.0973. The molecule has 6 heterocycles. The number of anilines is 2. The van der Waals surface area contributed by atoms with E-state index in [1.165, 1.54) is 11.8 Å². The minimum atomic E-state index is -0.858. The van der Waals surface area contributed by atoms with Crippen LogP contribution in [0.4, 0.5) is 16.0 Å². The number of fused-ring (bicyclic) bond motifs is 3. The SMILES string of the molecule is CC1OCC2(CCN(c3ncc(Sc4ccnc5c4OCC4C[C@@H](F)CN54)nc3CO)CC2)[C@@H]1N. The molecule has 2 aromatic rings. The number of hydrogen-bond donors (Lipinski definition) is 2. The number of alkyl halides is 1. The zero-order valence-corrected chi connectivity index (χ0v) is 20.6. The molecule has 6 rings (SSSR count). The lowest BCUT2D eigenvalue weighted by atomic mass is 9.73. The second-order valence-electron chi connectivity index (χ2n) is 10.0. The van der Waals surface area contributed by atoms with E-state index < -0.39 is 6.17 Å². The number of pyridine rings is 1. The molecule has 2 aromatic heterocycles. The van der Waals surface area contributed by atoms with Crippen molar-refractivity contribution in [2.45, 2.75) is 67.1 Å². The fourth-order valence-corrected chi connectivity index (χ4v) is 6.73. The Morgan fingerprint density at radius 2 is 2.11 bits per heavy atom. The number of hydrogen-bond acceptors (Lipinski definition) is 10. The van der Waals surface area contributed by atoms with E-state index in [1.807, 2.05) is 17.9 Å². The number of nitrogens with two attached hydrogens (primary N) is 1. The molecule has 9 nitrogen and oxygen atoms in total. The van der Waals surface area contributed by atoms with E-state index in [4.69, 9.17) is 25.2 Å². The lowest BCUT2D eigenvalue weighted by Gasteiger charge is -2.41. The maximum atomic E-state index is 14.0. The Hall–Kier alpha value is -2.21. The summed E-state index contributed by atoms with van der Waals surface area (Å²) in [5.41, 5.74) is 7.03. The van der Waals surface area contributed by atoms with Crippen LogP contribution in [0.1, 0.15) is 31.9 Å². The van der Waals surface area contributed by atoms with Gasteiger partial charge in [-0.3, -0.25) is 0 Å². The van der Waals surface area contributed by atoms with Gasteiger partial charge < -0.3 is 30.1 Å². The first-order valence-corrected chi connectivity index (χ1v) is 13.1. The van der Waals surface area contributed by atoms with Crippen LogP contribution < -0.4 is 20.3 Å². The standard InChI is InChI=1S/C24H31FN6O3S/c1-14-21(26)24(13-34-14)3-6-30(7-4-24)22-17(11-32)29-19(9-28-22)35-18-2-5-27-23-20(18)33-12-16-8-15(25)10-31(16)23/h2,5,9,14-16,21,32H,3-4,6-8,10-13,26H2,1H3/t14?,15-,16?,21-/m1/s1. The Labute approximate surface area is 208 Å². The number of rotatable bonds is 4. The van der Waals surface area contributed by atoms with Crippen LogP contribution in [0.15, 0.2) is 28.4 Å². The van der Waals surface area contributed by atoms with Gasteiger partial charge in [-0.25, -0.2) is 19.3 Å². The topological polar surface area (TPSA) is 110 Å². The summed E-state index contributed by atoms with van der Waals surface area (Å²) in [6.45, 7) is 4.95. The third-order valence-corrected chi connectivity index (χ3v) is 8.92. The molecule has 2 unspecified atom stereocenters. The van der Waals surface area contributed by atoms with Crippen molar-refractivity contribution in [2.75, 3.05) is 42.6 Å². The summed E-state index contributed by atoms with van der Waals surface area (Å²) in [6.07, 6.45) is 5.02. The summed E-state index contributed by atoms with van der Waals surface area (Å²) in [4.78, 5) is 18.9.